The van der Waals surface area contributed by atoms with Gasteiger partial charge in [0.05, 0.1) is 67.1 Å². The second-order valence-electron chi connectivity index (χ2n) is 17.4. The minimum absolute atomic E-state index is 0.00197. The van der Waals surface area contributed by atoms with Crippen molar-refractivity contribution in [3.05, 3.63) is 63.7 Å². The Hall–Kier alpha value is -5.42. The van der Waals surface area contributed by atoms with Crippen molar-refractivity contribution in [2.75, 3.05) is 93.7 Å². The molecule has 1 spiro atoms. The number of fused-ring (bicyclic) bond motifs is 1. The predicted octanol–water partition coefficient (Wildman–Crippen LogP) is 3.97. The molecule has 22 heteroatoms. The molecule has 3 saturated heterocycles. The minimum Gasteiger partial charge on any atom is -0.384 e. The molecule has 3 aliphatic rings. The van der Waals surface area contributed by atoms with Crippen LogP contribution in [0, 0.1) is 12.3 Å². The Kier molecular flexibility index (Phi) is 18.2. The monoisotopic (exact) mass is 991 g/mol. The average molecular weight is 993 g/mol. The molecule has 5 heterocycles. The maximum atomic E-state index is 13.5. The number of amides is 4. The molecule has 1 unspecified atom stereocenters. The highest BCUT2D eigenvalue weighted by Gasteiger charge is 2.47. The first kappa shape index (κ1) is 51.4. The van der Waals surface area contributed by atoms with E-state index < -0.39 is 17.5 Å². The summed E-state index contributed by atoms with van der Waals surface area (Å²) in [6.07, 6.45) is 5.23. The maximum Gasteiger partial charge on any atom is 0.277 e. The molecule has 0 aliphatic carbocycles. The van der Waals surface area contributed by atoms with E-state index in [0.717, 1.165) is 25.9 Å². The molecular weight excluding hydrogens is 930 g/mol. The number of carbonyl (C=O) groups is 4. The van der Waals surface area contributed by atoms with Crippen molar-refractivity contribution < 1.29 is 38.1 Å². The molecule has 3 aliphatic heterocycles. The molecule has 4 amide bonds. The summed E-state index contributed by atoms with van der Waals surface area (Å²) in [4.78, 5) is 74.9. The van der Waals surface area contributed by atoms with Crippen LogP contribution in [-0.4, -0.2) is 128 Å². The first-order valence-electron chi connectivity index (χ1n) is 23.4. The number of aromatic nitrogens is 4. The van der Waals surface area contributed by atoms with Gasteiger partial charge in [0, 0.05) is 86.1 Å². The summed E-state index contributed by atoms with van der Waals surface area (Å²) in [5, 5.41) is 17.6. The highest BCUT2D eigenvalue weighted by Crippen LogP contribution is 2.43. The van der Waals surface area contributed by atoms with Crippen molar-refractivity contribution in [2.24, 2.45) is 11.1 Å². The quantitative estimate of drug-likeness (QED) is 0.0453. The highest BCUT2D eigenvalue weighted by molar-refractivity contribution is 7.99. The van der Waals surface area contributed by atoms with Crippen LogP contribution in [0.5, 0.6) is 0 Å². The molecule has 20 nitrogen and oxygen atoms in total. The van der Waals surface area contributed by atoms with Gasteiger partial charge in [0.25, 0.3) is 11.5 Å². The van der Waals surface area contributed by atoms with Crippen LogP contribution in [-0.2, 0) is 38.1 Å². The number of benzene rings is 2. The zero-order chi connectivity index (χ0) is 48.9. The van der Waals surface area contributed by atoms with E-state index in [4.69, 9.17) is 42.0 Å². The molecule has 7 rings (SSSR count). The van der Waals surface area contributed by atoms with Crippen molar-refractivity contribution >= 4 is 80.8 Å². The van der Waals surface area contributed by atoms with Crippen molar-refractivity contribution in [3.8, 4) is 0 Å². The molecule has 3 atom stereocenters. The van der Waals surface area contributed by atoms with Gasteiger partial charge in [0.2, 0.25) is 17.7 Å². The van der Waals surface area contributed by atoms with Crippen LogP contribution in [0.3, 0.4) is 0 Å². The second kappa shape index (κ2) is 24.4. The van der Waals surface area contributed by atoms with Gasteiger partial charge < -0.3 is 51.3 Å². The molecule has 2 aromatic carbocycles. The smallest absolute Gasteiger partial charge is 0.277 e. The molecule has 0 saturated carbocycles. The minimum atomic E-state index is -0.843. The first-order chi connectivity index (χ1) is 33.3. The van der Waals surface area contributed by atoms with Gasteiger partial charge in [0.1, 0.15) is 16.9 Å². The molecule has 4 aromatic rings. The molecule has 8 N–H and O–H groups in total. The Balaban J connectivity index is 0.703. The molecule has 0 radical (unpaired) electrons. The van der Waals surface area contributed by atoms with Gasteiger partial charge >= 0.3 is 0 Å². The Bertz CT molecular complexity index is 2530. The lowest BCUT2D eigenvalue weighted by Gasteiger charge is -2.41. The average Bonchev–Trinajstić information content (AvgIpc) is 3.60. The van der Waals surface area contributed by atoms with Crippen molar-refractivity contribution in [3.63, 3.8) is 0 Å². The first-order valence-corrected chi connectivity index (χ1v) is 24.6. The highest BCUT2D eigenvalue weighted by atomic mass is 35.5. The summed E-state index contributed by atoms with van der Waals surface area (Å²) in [5.41, 5.74) is 14.1. The molecule has 372 valence electrons. The van der Waals surface area contributed by atoms with Gasteiger partial charge in [-0.05, 0) is 64.2 Å². The maximum absolute atomic E-state index is 13.5. The van der Waals surface area contributed by atoms with Crippen LogP contribution in [0.15, 0.2) is 57.3 Å². The van der Waals surface area contributed by atoms with Crippen molar-refractivity contribution in [2.45, 2.75) is 93.3 Å². The lowest BCUT2D eigenvalue weighted by molar-refractivity contribution is -0.136. The van der Waals surface area contributed by atoms with E-state index in [0.29, 0.717) is 121 Å². The lowest BCUT2D eigenvalue weighted by atomic mass is 9.73. The number of nitrogens with two attached hydrogens (primary N) is 2. The standard InChI is InChI=1S/C47H62ClN11O9S/c1-29-31-7-3-8-32(40(31)46(64)59(57-29)34-11-12-39(62)56-44(34)63)51-17-5-21-65-23-25-67-26-24-66-22-6-18-52-37(60)13-14-38(61)54-33-9-4-10-35(41(33)48)69-45-43(50)55-36(27-53-45)58-19-15-47(16-20-58)28-68-30(2)42(47)49/h3-4,7-10,27,30,34,42,51H,5-6,11-26,28,49H2,1-2H3,(H2,50,55)(H,52,60)(H,54,61)(H,56,62,63)/t30-,34?,42+/m0/s1. The lowest BCUT2D eigenvalue weighted by Crippen LogP contribution is -2.50. The van der Waals surface area contributed by atoms with Crippen LogP contribution in [0.2, 0.25) is 5.02 Å². The zero-order valence-corrected chi connectivity index (χ0v) is 40.6. The third-order valence-electron chi connectivity index (χ3n) is 12.7. The number of ether oxygens (including phenoxy) is 4. The van der Waals surface area contributed by atoms with Gasteiger partial charge in [-0.2, -0.15) is 5.10 Å². The summed E-state index contributed by atoms with van der Waals surface area (Å²) >= 11 is 7.96. The largest absolute Gasteiger partial charge is 0.384 e. The normalized spacial score (nSPS) is 19.0. The summed E-state index contributed by atoms with van der Waals surface area (Å²) in [5.74, 6) is -0.487. The van der Waals surface area contributed by atoms with E-state index in [9.17, 15) is 24.0 Å². The summed E-state index contributed by atoms with van der Waals surface area (Å²) in [7, 11) is 0. The van der Waals surface area contributed by atoms with Crippen molar-refractivity contribution in [1.82, 2.24) is 30.4 Å². The number of halogens is 1. The Morgan fingerprint density at radius 2 is 1.64 bits per heavy atom. The second-order valence-corrected chi connectivity index (χ2v) is 18.8. The number of carbonyl (C=O) groups excluding carboxylic acids is 4. The summed E-state index contributed by atoms with van der Waals surface area (Å²) < 4.78 is 23.9. The number of aryl methyl sites for hydroxylation is 1. The SMILES string of the molecule is Cc1nn(C2CCC(=O)NC2=O)c(=O)c2c(NCCCOCCOCCOCCCNC(=O)CCC(=O)Nc3cccc(Sc4ncc(N5CCC6(CC5)CO[C@@H](C)[C@H]6N)nc4N)c3Cl)cccc12. The predicted molar refractivity (Wildman–Crippen MR) is 263 cm³/mol. The number of imide groups is 1. The van der Waals surface area contributed by atoms with Crippen LogP contribution >= 0.6 is 23.4 Å². The molecule has 3 fully saturated rings. The van der Waals surface area contributed by atoms with Crippen LogP contribution in [0.4, 0.5) is 23.0 Å². The number of anilines is 4. The zero-order valence-electron chi connectivity index (χ0n) is 39.1. The molecular formula is C47H62ClN11O9S. The molecule has 2 aromatic heterocycles. The van der Waals surface area contributed by atoms with Crippen molar-refractivity contribution in [1.29, 1.82) is 0 Å². The van der Waals surface area contributed by atoms with Gasteiger partial charge in [-0.15, -0.1) is 0 Å². The summed E-state index contributed by atoms with van der Waals surface area (Å²) in [6, 6.07) is 9.94. The number of piperidine rings is 2. The van der Waals surface area contributed by atoms with E-state index in [1.165, 1.54) is 16.4 Å². The van der Waals surface area contributed by atoms with Crippen LogP contribution in [0.1, 0.15) is 70.0 Å². The van der Waals surface area contributed by atoms with Gasteiger partial charge in [-0.25, -0.2) is 14.6 Å². The van der Waals surface area contributed by atoms with E-state index in [2.05, 4.69) is 41.2 Å². The topological polar surface area (TPSA) is 269 Å². The Morgan fingerprint density at radius 1 is 0.957 bits per heavy atom. The van der Waals surface area contributed by atoms with Gasteiger partial charge in [-0.3, -0.25) is 29.3 Å². The number of nitrogen functional groups attached to an aromatic ring is 1. The van der Waals surface area contributed by atoms with E-state index in [1.54, 1.807) is 25.3 Å². The fourth-order valence-electron chi connectivity index (χ4n) is 8.66. The third-order valence-corrected chi connectivity index (χ3v) is 14.2. The number of rotatable bonds is 23. The Morgan fingerprint density at radius 3 is 2.33 bits per heavy atom. The van der Waals surface area contributed by atoms with E-state index in [-0.39, 0.29) is 66.8 Å². The van der Waals surface area contributed by atoms with E-state index in [1.807, 2.05) is 31.2 Å². The molecule has 0 bridgehead atoms. The molecule has 69 heavy (non-hydrogen) atoms. The van der Waals surface area contributed by atoms with Gasteiger partial charge in [0.15, 0.2) is 5.82 Å². The third kappa shape index (κ3) is 13.3. The van der Waals surface area contributed by atoms with E-state index >= 15 is 0 Å². The number of hydrogen-bond acceptors (Lipinski definition) is 17. The van der Waals surface area contributed by atoms with Crippen LogP contribution < -0.4 is 43.2 Å². The summed E-state index contributed by atoms with van der Waals surface area (Å²) in [6.45, 7) is 9.55. The Labute approximate surface area is 409 Å². The number of hydrogen-bond donors (Lipinski definition) is 6. The fraction of sp³-hybridized carbons (Fsp3) is 0.532. The van der Waals surface area contributed by atoms with Crippen LogP contribution in [0.25, 0.3) is 10.8 Å². The fourth-order valence-corrected chi connectivity index (χ4v) is 9.76. The number of nitrogens with one attached hydrogen (secondary N) is 4. The number of nitrogens with zero attached hydrogens (tertiary/aromatic N) is 5. The van der Waals surface area contributed by atoms with Gasteiger partial charge in [-0.1, -0.05) is 41.6 Å².